The van der Waals surface area contributed by atoms with Gasteiger partial charge in [-0.15, -0.1) is 0 Å². The number of hydrogen-bond donors (Lipinski definition) is 1. The topological polar surface area (TPSA) is 106 Å². The lowest BCUT2D eigenvalue weighted by atomic mass is 10.3. The van der Waals surface area contributed by atoms with Crippen LogP contribution >= 0.6 is 0 Å². The molecule has 0 radical (unpaired) electrons. The fourth-order valence-electron chi connectivity index (χ4n) is 2.36. The number of rotatable bonds is 5. The highest BCUT2D eigenvalue weighted by Gasteiger charge is 2.27. The second kappa shape index (κ2) is 6.97. The Labute approximate surface area is 132 Å². The molecule has 0 atom stereocenters. The Morgan fingerprint density at radius 3 is 2.87 bits per heavy atom. The summed E-state index contributed by atoms with van der Waals surface area (Å²) in [5, 5.41) is 14.5. The summed E-state index contributed by atoms with van der Waals surface area (Å²) in [5.74, 6) is 0.525. The lowest BCUT2D eigenvalue weighted by molar-refractivity contribution is -0.383. The summed E-state index contributed by atoms with van der Waals surface area (Å²) in [6.07, 6.45) is 4.71. The molecule has 23 heavy (non-hydrogen) atoms. The number of morpholine rings is 1. The average Bonchev–Trinajstić information content (AvgIpc) is 2.61. The minimum absolute atomic E-state index is 0.113. The van der Waals surface area contributed by atoms with Crippen LogP contribution in [-0.2, 0) is 11.3 Å². The summed E-state index contributed by atoms with van der Waals surface area (Å²) in [6.45, 7) is 2.59. The van der Waals surface area contributed by atoms with Crippen LogP contribution in [0.4, 0.5) is 17.3 Å². The highest BCUT2D eigenvalue weighted by Crippen LogP contribution is 2.32. The molecule has 1 N–H and O–H groups in total. The highest BCUT2D eigenvalue weighted by molar-refractivity contribution is 5.70. The SMILES string of the molecule is O=[N+]([O-])c1c(NCc2cccnc2)ncnc1N1CCOCC1. The van der Waals surface area contributed by atoms with Gasteiger partial charge in [0.1, 0.15) is 6.33 Å². The first-order valence-corrected chi connectivity index (χ1v) is 7.20. The van der Waals surface area contributed by atoms with E-state index < -0.39 is 4.92 Å². The van der Waals surface area contributed by atoms with E-state index in [1.165, 1.54) is 6.33 Å². The molecule has 2 aromatic heterocycles. The number of nitro groups is 1. The van der Waals surface area contributed by atoms with Crippen LogP contribution in [0.25, 0.3) is 0 Å². The van der Waals surface area contributed by atoms with Gasteiger partial charge in [0, 0.05) is 32.0 Å². The van der Waals surface area contributed by atoms with Crippen molar-refractivity contribution in [2.24, 2.45) is 0 Å². The maximum Gasteiger partial charge on any atom is 0.353 e. The third kappa shape index (κ3) is 3.51. The summed E-state index contributed by atoms with van der Waals surface area (Å²) >= 11 is 0. The number of nitrogens with one attached hydrogen (secondary N) is 1. The molecule has 9 heteroatoms. The Balaban J connectivity index is 1.85. The molecule has 1 saturated heterocycles. The van der Waals surface area contributed by atoms with E-state index in [1.807, 2.05) is 17.0 Å². The Bertz CT molecular complexity index is 675. The average molecular weight is 316 g/mol. The van der Waals surface area contributed by atoms with Crippen LogP contribution in [0.1, 0.15) is 5.56 Å². The van der Waals surface area contributed by atoms with E-state index in [0.29, 0.717) is 38.7 Å². The van der Waals surface area contributed by atoms with Crippen molar-refractivity contribution < 1.29 is 9.66 Å². The number of anilines is 2. The van der Waals surface area contributed by atoms with Gasteiger partial charge in [0.05, 0.1) is 18.1 Å². The fourth-order valence-corrected chi connectivity index (χ4v) is 2.36. The van der Waals surface area contributed by atoms with E-state index >= 15 is 0 Å². The minimum atomic E-state index is -0.448. The monoisotopic (exact) mass is 316 g/mol. The van der Waals surface area contributed by atoms with E-state index in [0.717, 1.165) is 5.56 Å². The zero-order valence-corrected chi connectivity index (χ0v) is 12.4. The summed E-state index contributed by atoms with van der Waals surface area (Å²) in [4.78, 5) is 25.1. The number of aromatic nitrogens is 3. The van der Waals surface area contributed by atoms with Gasteiger partial charge in [0.25, 0.3) is 0 Å². The van der Waals surface area contributed by atoms with Crippen LogP contribution in [-0.4, -0.2) is 46.2 Å². The minimum Gasteiger partial charge on any atom is -0.378 e. The second-order valence-electron chi connectivity index (χ2n) is 4.97. The van der Waals surface area contributed by atoms with Crippen LogP contribution in [0.2, 0.25) is 0 Å². The van der Waals surface area contributed by atoms with E-state index in [4.69, 9.17) is 4.74 Å². The molecule has 120 valence electrons. The predicted octanol–water partition coefficient (Wildman–Crippen LogP) is 1.23. The molecule has 0 aliphatic carbocycles. The van der Waals surface area contributed by atoms with Crippen molar-refractivity contribution in [2.45, 2.75) is 6.54 Å². The van der Waals surface area contributed by atoms with Gasteiger partial charge in [-0.2, -0.15) is 0 Å². The van der Waals surface area contributed by atoms with Gasteiger partial charge in [-0.1, -0.05) is 6.07 Å². The molecule has 0 aromatic carbocycles. The third-order valence-corrected chi connectivity index (χ3v) is 3.48. The molecule has 0 bridgehead atoms. The fraction of sp³-hybridized carbons (Fsp3) is 0.357. The Hall–Kier alpha value is -2.81. The van der Waals surface area contributed by atoms with Crippen LogP contribution in [0.15, 0.2) is 30.9 Å². The second-order valence-corrected chi connectivity index (χ2v) is 4.97. The summed E-state index contributed by atoms with van der Waals surface area (Å²) in [6, 6.07) is 3.69. The van der Waals surface area contributed by atoms with E-state index in [9.17, 15) is 10.1 Å². The van der Waals surface area contributed by atoms with E-state index in [1.54, 1.807) is 12.4 Å². The first-order chi connectivity index (χ1) is 11.3. The first-order valence-electron chi connectivity index (χ1n) is 7.20. The molecule has 2 aromatic rings. The van der Waals surface area contributed by atoms with Gasteiger partial charge in [-0.05, 0) is 11.6 Å². The van der Waals surface area contributed by atoms with Gasteiger partial charge in [-0.25, -0.2) is 9.97 Å². The predicted molar refractivity (Wildman–Crippen MR) is 83.3 cm³/mol. The maximum atomic E-state index is 11.5. The molecule has 3 rings (SSSR count). The van der Waals surface area contributed by atoms with Gasteiger partial charge in [0.2, 0.25) is 11.6 Å². The highest BCUT2D eigenvalue weighted by atomic mass is 16.6. The van der Waals surface area contributed by atoms with Gasteiger partial charge in [0.15, 0.2) is 0 Å². The van der Waals surface area contributed by atoms with E-state index in [2.05, 4.69) is 20.3 Å². The summed E-state index contributed by atoms with van der Waals surface area (Å²) in [7, 11) is 0. The Morgan fingerprint density at radius 2 is 2.17 bits per heavy atom. The normalized spacial score (nSPS) is 14.5. The van der Waals surface area contributed by atoms with Crippen molar-refractivity contribution in [2.75, 3.05) is 36.5 Å². The molecule has 1 fully saturated rings. The lowest BCUT2D eigenvalue weighted by Gasteiger charge is -2.27. The molecular weight excluding hydrogens is 300 g/mol. The van der Waals surface area contributed by atoms with Gasteiger partial charge < -0.3 is 15.0 Å². The van der Waals surface area contributed by atoms with Crippen molar-refractivity contribution in [3.8, 4) is 0 Å². The Morgan fingerprint density at radius 1 is 1.35 bits per heavy atom. The summed E-state index contributed by atoms with van der Waals surface area (Å²) in [5.41, 5.74) is 0.798. The zero-order valence-electron chi connectivity index (χ0n) is 12.4. The van der Waals surface area contributed by atoms with Crippen LogP contribution in [0.5, 0.6) is 0 Å². The quantitative estimate of drug-likeness (QED) is 0.648. The van der Waals surface area contributed by atoms with Crippen molar-refractivity contribution >= 4 is 17.3 Å². The van der Waals surface area contributed by atoms with Crippen molar-refractivity contribution in [3.63, 3.8) is 0 Å². The summed E-state index contributed by atoms with van der Waals surface area (Å²) < 4.78 is 5.28. The molecule has 0 unspecified atom stereocenters. The lowest BCUT2D eigenvalue weighted by Crippen LogP contribution is -2.37. The van der Waals surface area contributed by atoms with Crippen LogP contribution in [0.3, 0.4) is 0 Å². The standard InChI is InChI=1S/C14H16N6O3/c21-20(22)12-13(16-9-11-2-1-3-15-8-11)17-10-18-14(12)19-4-6-23-7-5-19/h1-3,8,10H,4-7,9H2,(H,16,17,18). The molecular formula is C14H16N6O3. The molecule has 3 heterocycles. The molecule has 0 spiro atoms. The molecule has 9 nitrogen and oxygen atoms in total. The van der Waals surface area contributed by atoms with Crippen molar-refractivity contribution in [3.05, 3.63) is 46.5 Å². The van der Waals surface area contributed by atoms with Crippen molar-refractivity contribution in [1.29, 1.82) is 0 Å². The number of pyridine rings is 1. The van der Waals surface area contributed by atoms with Crippen LogP contribution in [0, 0.1) is 10.1 Å². The number of hydrogen-bond acceptors (Lipinski definition) is 8. The largest absolute Gasteiger partial charge is 0.378 e. The molecule has 0 saturated carbocycles. The molecule has 0 amide bonds. The number of ether oxygens (including phenoxy) is 1. The number of nitrogens with zero attached hydrogens (tertiary/aromatic N) is 5. The van der Waals surface area contributed by atoms with Gasteiger partial charge >= 0.3 is 5.69 Å². The molecule has 1 aliphatic rings. The third-order valence-electron chi connectivity index (χ3n) is 3.48. The van der Waals surface area contributed by atoms with E-state index in [-0.39, 0.29) is 11.5 Å². The van der Waals surface area contributed by atoms with Crippen molar-refractivity contribution in [1.82, 2.24) is 15.0 Å². The zero-order chi connectivity index (χ0) is 16.1. The smallest absolute Gasteiger partial charge is 0.353 e. The molecule has 1 aliphatic heterocycles. The maximum absolute atomic E-state index is 11.5. The Kier molecular flexibility index (Phi) is 4.57. The first kappa shape index (κ1) is 15.1. The van der Waals surface area contributed by atoms with Crippen LogP contribution < -0.4 is 10.2 Å². The van der Waals surface area contributed by atoms with Gasteiger partial charge in [-0.3, -0.25) is 15.1 Å².